The molecule has 126 valence electrons. The van der Waals surface area contributed by atoms with Crippen molar-refractivity contribution in [1.82, 2.24) is 4.57 Å². The van der Waals surface area contributed by atoms with Crippen molar-refractivity contribution in [2.75, 3.05) is 5.88 Å². The highest BCUT2D eigenvalue weighted by Gasteiger charge is 2.40. The molecule has 1 aromatic carbocycles. The average molecular weight is 342 g/mol. The van der Waals surface area contributed by atoms with E-state index in [1.807, 2.05) is 7.05 Å². The predicted octanol–water partition coefficient (Wildman–Crippen LogP) is 5.73. The van der Waals surface area contributed by atoms with Gasteiger partial charge in [0, 0.05) is 35.3 Å². The second-order valence-corrected chi connectivity index (χ2v) is 7.50. The number of Topliss-reactive ketones (excluding diaryl/α,β-unsaturated/α-hetero) is 1. The molecule has 1 unspecified atom stereocenters. The lowest BCUT2D eigenvalue weighted by molar-refractivity contribution is 0.0946. The maximum Gasteiger partial charge on any atom is 0.187 e. The molecule has 2 aliphatic carbocycles. The Hall–Kier alpha value is -1.54. The number of hydrogen-bond donors (Lipinski definition) is 0. The SMILES string of the molecule is Cn1c2c(c3ccccc31)C(=C1CCCCC1)C(CCCCl)C2=O. The summed E-state index contributed by atoms with van der Waals surface area (Å²) in [6.45, 7) is 0. The van der Waals surface area contributed by atoms with Crippen molar-refractivity contribution in [2.24, 2.45) is 13.0 Å². The van der Waals surface area contributed by atoms with Gasteiger partial charge in [-0.2, -0.15) is 0 Å². The Bertz CT molecular complexity index is 822. The van der Waals surface area contributed by atoms with Gasteiger partial charge in [0.05, 0.1) is 5.69 Å². The summed E-state index contributed by atoms with van der Waals surface area (Å²) in [5, 5.41) is 1.24. The van der Waals surface area contributed by atoms with Crippen LogP contribution in [0.15, 0.2) is 29.8 Å². The largest absolute Gasteiger partial charge is 0.341 e. The molecule has 24 heavy (non-hydrogen) atoms. The lowest BCUT2D eigenvalue weighted by atomic mass is 9.83. The number of fused-ring (bicyclic) bond motifs is 3. The highest BCUT2D eigenvalue weighted by molar-refractivity contribution is 6.20. The third-order valence-corrected chi connectivity index (χ3v) is 6.01. The minimum absolute atomic E-state index is 0.0256. The standard InChI is InChI=1S/C21H24ClNO/c1-23-17-12-6-5-10-15(17)19-18(14-8-3-2-4-9-14)16(11-7-13-22)21(24)20(19)23/h5-6,10,12,16H,2-4,7-9,11,13H2,1H3. The van der Waals surface area contributed by atoms with E-state index in [0.29, 0.717) is 11.7 Å². The Morgan fingerprint density at radius 3 is 2.67 bits per heavy atom. The zero-order valence-electron chi connectivity index (χ0n) is 14.3. The molecule has 2 aromatic rings. The highest BCUT2D eigenvalue weighted by Crippen LogP contribution is 2.48. The minimum atomic E-state index is 0.0256. The van der Waals surface area contributed by atoms with Gasteiger partial charge in [0.25, 0.3) is 0 Å². The number of aromatic nitrogens is 1. The van der Waals surface area contributed by atoms with E-state index in [-0.39, 0.29) is 5.92 Å². The van der Waals surface area contributed by atoms with Gasteiger partial charge < -0.3 is 4.57 Å². The summed E-state index contributed by atoms with van der Waals surface area (Å²) in [5.41, 5.74) is 6.21. The maximum atomic E-state index is 13.2. The number of para-hydroxylation sites is 1. The minimum Gasteiger partial charge on any atom is -0.341 e. The molecular formula is C21H24ClNO. The third-order valence-electron chi connectivity index (χ3n) is 5.74. The van der Waals surface area contributed by atoms with Gasteiger partial charge in [-0.25, -0.2) is 0 Å². The van der Waals surface area contributed by atoms with E-state index >= 15 is 0 Å². The van der Waals surface area contributed by atoms with Crippen molar-refractivity contribution in [3.05, 3.63) is 41.1 Å². The molecule has 0 radical (unpaired) electrons. The molecule has 2 nitrogen and oxygen atoms in total. The van der Waals surface area contributed by atoms with Gasteiger partial charge in [0.2, 0.25) is 0 Å². The molecule has 1 aromatic heterocycles. The van der Waals surface area contributed by atoms with Crippen LogP contribution in [0.3, 0.4) is 0 Å². The van der Waals surface area contributed by atoms with Crippen molar-refractivity contribution in [3.63, 3.8) is 0 Å². The van der Waals surface area contributed by atoms with Crippen molar-refractivity contribution >= 4 is 33.9 Å². The fourth-order valence-corrected chi connectivity index (χ4v) is 4.81. The number of alkyl halides is 1. The summed E-state index contributed by atoms with van der Waals surface area (Å²) in [6, 6.07) is 8.44. The van der Waals surface area contributed by atoms with E-state index < -0.39 is 0 Å². The number of nitrogens with zero attached hydrogens (tertiary/aromatic N) is 1. The first-order chi connectivity index (χ1) is 11.7. The molecule has 0 N–H and O–H groups in total. The highest BCUT2D eigenvalue weighted by atomic mass is 35.5. The van der Waals surface area contributed by atoms with Crippen LogP contribution in [0.25, 0.3) is 16.5 Å². The van der Waals surface area contributed by atoms with E-state index in [1.54, 1.807) is 0 Å². The van der Waals surface area contributed by atoms with Crippen LogP contribution in [0.5, 0.6) is 0 Å². The van der Waals surface area contributed by atoms with Crippen LogP contribution < -0.4 is 0 Å². The normalized spacial score (nSPS) is 20.9. The predicted molar refractivity (Wildman–Crippen MR) is 101 cm³/mol. The van der Waals surface area contributed by atoms with E-state index in [4.69, 9.17) is 11.6 Å². The first-order valence-electron chi connectivity index (χ1n) is 9.14. The lowest BCUT2D eigenvalue weighted by Gasteiger charge is -2.21. The second-order valence-electron chi connectivity index (χ2n) is 7.13. The van der Waals surface area contributed by atoms with Gasteiger partial charge in [-0.1, -0.05) is 30.2 Å². The van der Waals surface area contributed by atoms with Crippen molar-refractivity contribution in [1.29, 1.82) is 0 Å². The van der Waals surface area contributed by atoms with Crippen molar-refractivity contribution in [3.8, 4) is 0 Å². The van der Waals surface area contributed by atoms with Gasteiger partial charge in [0.15, 0.2) is 5.78 Å². The number of rotatable bonds is 3. The quantitative estimate of drug-likeness (QED) is 0.653. The molecule has 0 spiro atoms. The molecule has 0 bridgehead atoms. The van der Waals surface area contributed by atoms with Crippen molar-refractivity contribution in [2.45, 2.75) is 44.9 Å². The van der Waals surface area contributed by atoms with Crippen LogP contribution in [0.4, 0.5) is 0 Å². The Labute approximate surface area is 148 Å². The molecule has 4 rings (SSSR count). The van der Waals surface area contributed by atoms with Crippen LogP contribution >= 0.6 is 11.6 Å². The number of allylic oxidation sites excluding steroid dienone is 2. The van der Waals surface area contributed by atoms with E-state index in [9.17, 15) is 4.79 Å². The maximum absolute atomic E-state index is 13.2. The number of hydrogen-bond acceptors (Lipinski definition) is 1. The topological polar surface area (TPSA) is 22.0 Å². The Morgan fingerprint density at radius 2 is 1.92 bits per heavy atom. The van der Waals surface area contributed by atoms with E-state index in [0.717, 1.165) is 31.4 Å². The van der Waals surface area contributed by atoms with Crippen molar-refractivity contribution < 1.29 is 4.79 Å². The van der Waals surface area contributed by atoms with Gasteiger partial charge in [-0.05, 0) is 50.2 Å². The molecular weight excluding hydrogens is 318 g/mol. The zero-order valence-corrected chi connectivity index (χ0v) is 15.0. The summed E-state index contributed by atoms with van der Waals surface area (Å²) in [4.78, 5) is 13.2. The van der Waals surface area contributed by atoms with E-state index in [1.165, 1.54) is 46.9 Å². The second kappa shape index (κ2) is 6.40. The number of benzene rings is 1. The molecule has 0 amide bonds. The molecule has 1 atom stereocenters. The molecule has 1 fully saturated rings. The van der Waals surface area contributed by atoms with E-state index in [2.05, 4.69) is 28.8 Å². The molecule has 1 heterocycles. The monoisotopic (exact) mass is 341 g/mol. The number of halogens is 1. The van der Waals surface area contributed by atoms with Crippen LogP contribution in [0, 0.1) is 5.92 Å². The summed E-state index contributed by atoms with van der Waals surface area (Å²) in [7, 11) is 2.03. The Kier molecular flexibility index (Phi) is 4.26. The lowest BCUT2D eigenvalue weighted by Crippen LogP contribution is -2.14. The fourth-order valence-electron chi connectivity index (χ4n) is 4.65. The first kappa shape index (κ1) is 16.0. The number of aryl methyl sites for hydroxylation is 1. The number of carbonyl (C=O) groups excluding carboxylic acids is 1. The summed E-state index contributed by atoms with van der Waals surface area (Å²) in [5.74, 6) is 0.961. The van der Waals surface area contributed by atoms with Crippen LogP contribution in [0.1, 0.15) is 61.0 Å². The summed E-state index contributed by atoms with van der Waals surface area (Å²) < 4.78 is 2.11. The van der Waals surface area contributed by atoms with Gasteiger partial charge >= 0.3 is 0 Å². The zero-order chi connectivity index (χ0) is 16.7. The summed E-state index contributed by atoms with van der Waals surface area (Å²) in [6.07, 6.45) is 7.93. The Balaban J connectivity index is 1.95. The molecule has 0 aliphatic heterocycles. The summed E-state index contributed by atoms with van der Waals surface area (Å²) >= 11 is 5.94. The molecule has 0 saturated heterocycles. The van der Waals surface area contributed by atoms with Crippen LogP contribution in [-0.2, 0) is 7.05 Å². The molecule has 3 heteroatoms. The van der Waals surface area contributed by atoms with Gasteiger partial charge in [0.1, 0.15) is 0 Å². The van der Waals surface area contributed by atoms with Gasteiger partial charge in [-0.3, -0.25) is 4.79 Å². The average Bonchev–Trinajstić information content (AvgIpc) is 3.08. The number of ketones is 1. The first-order valence-corrected chi connectivity index (χ1v) is 9.67. The third kappa shape index (κ3) is 2.35. The molecule has 2 aliphatic rings. The number of carbonyl (C=O) groups is 1. The fraction of sp³-hybridized carbons (Fsp3) is 0.476. The van der Waals surface area contributed by atoms with Crippen LogP contribution in [-0.4, -0.2) is 16.2 Å². The van der Waals surface area contributed by atoms with Gasteiger partial charge in [-0.15, -0.1) is 11.6 Å². The van der Waals surface area contributed by atoms with Crippen LogP contribution in [0.2, 0.25) is 0 Å². The Morgan fingerprint density at radius 1 is 1.17 bits per heavy atom. The molecule has 1 saturated carbocycles. The smallest absolute Gasteiger partial charge is 0.187 e.